The minimum absolute atomic E-state index is 0.0123. The Hall–Kier alpha value is -0.900. The van der Waals surface area contributed by atoms with Gasteiger partial charge in [-0.1, -0.05) is 12.8 Å². The molecule has 88 valence electrons. The summed E-state index contributed by atoms with van der Waals surface area (Å²) < 4.78 is 1.93. The van der Waals surface area contributed by atoms with Crippen LogP contribution in [0.3, 0.4) is 0 Å². The fourth-order valence-corrected chi connectivity index (χ4v) is 2.68. The van der Waals surface area contributed by atoms with E-state index in [4.69, 9.17) is 5.73 Å². The van der Waals surface area contributed by atoms with Crippen molar-refractivity contribution in [1.29, 1.82) is 0 Å². The van der Waals surface area contributed by atoms with E-state index >= 15 is 0 Å². The van der Waals surface area contributed by atoms with Gasteiger partial charge in [0.25, 0.3) is 0 Å². The van der Waals surface area contributed by atoms with Crippen molar-refractivity contribution in [3.8, 4) is 0 Å². The molecule has 0 bridgehead atoms. The van der Waals surface area contributed by atoms with E-state index in [2.05, 4.69) is 10.1 Å². The van der Waals surface area contributed by atoms with Gasteiger partial charge >= 0.3 is 0 Å². The summed E-state index contributed by atoms with van der Waals surface area (Å²) in [6.07, 6.45) is 8.22. The normalized spacial score (nSPS) is 23.9. The molecule has 0 spiro atoms. The zero-order chi connectivity index (χ0) is 11.2. The van der Waals surface area contributed by atoms with Gasteiger partial charge in [0.2, 0.25) is 0 Å². The first-order valence-corrected chi connectivity index (χ1v) is 6.35. The summed E-state index contributed by atoms with van der Waals surface area (Å²) in [6, 6.07) is 0. The van der Waals surface area contributed by atoms with Crippen molar-refractivity contribution in [1.82, 2.24) is 14.8 Å². The summed E-state index contributed by atoms with van der Waals surface area (Å²) in [4.78, 5) is 4.65. The molecule has 0 aliphatic heterocycles. The van der Waals surface area contributed by atoms with Gasteiger partial charge in [-0.3, -0.25) is 4.68 Å². The van der Waals surface area contributed by atoms with Crippen molar-refractivity contribution >= 4 is 0 Å². The van der Waals surface area contributed by atoms with E-state index in [9.17, 15) is 0 Å². The van der Waals surface area contributed by atoms with Crippen LogP contribution in [0.5, 0.6) is 0 Å². The van der Waals surface area contributed by atoms with Crippen molar-refractivity contribution in [3.63, 3.8) is 0 Å². The maximum absolute atomic E-state index is 6.38. The van der Waals surface area contributed by atoms with Gasteiger partial charge in [0.15, 0.2) is 5.82 Å². The van der Waals surface area contributed by atoms with E-state index in [-0.39, 0.29) is 5.54 Å². The van der Waals surface area contributed by atoms with E-state index in [1.165, 1.54) is 25.7 Å². The third-order valence-corrected chi connectivity index (χ3v) is 3.92. The SMILES string of the molecule is Cn1nc(C2CC2)nc1CC1(N)CCCC1. The second-order valence-corrected chi connectivity index (χ2v) is 5.53. The topological polar surface area (TPSA) is 56.7 Å². The van der Waals surface area contributed by atoms with E-state index in [0.29, 0.717) is 5.92 Å². The molecule has 1 aromatic heterocycles. The number of hydrogen-bond donors (Lipinski definition) is 1. The summed E-state index contributed by atoms with van der Waals surface area (Å²) in [5.74, 6) is 2.75. The predicted octanol–water partition coefficient (Wildman–Crippen LogP) is 1.51. The third kappa shape index (κ3) is 1.86. The largest absolute Gasteiger partial charge is 0.325 e. The Morgan fingerprint density at radius 3 is 2.69 bits per heavy atom. The van der Waals surface area contributed by atoms with Crippen LogP contribution in [0.15, 0.2) is 0 Å². The number of hydrogen-bond acceptors (Lipinski definition) is 3. The molecular weight excluding hydrogens is 200 g/mol. The fraction of sp³-hybridized carbons (Fsp3) is 0.833. The van der Waals surface area contributed by atoms with Crippen LogP contribution in [0.1, 0.15) is 56.1 Å². The Bertz CT molecular complexity index is 386. The predicted molar refractivity (Wildman–Crippen MR) is 62.1 cm³/mol. The highest BCUT2D eigenvalue weighted by Gasteiger charge is 2.33. The van der Waals surface area contributed by atoms with Crippen molar-refractivity contribution < 1.29 is 0 Å². The Labute approximate surface area is 96.2 Å². The van der Waals surface area contributed by atoms with Crippen molar-refractivity contribution in [3.05, 3.63) is 11.6 Å². The molecule has 4 nitrogen and oxygen atoms in total. The molecule has 0 saturated heterocycles. The van der Waals surface area contributed by atoms with Crippen molar-refractivity contribution in [2.24, 2.45) is 12.8 Å². The zero-order valence-electron chi connectivity index (χ0n) is 9.95. The Morgan fingerprint density at radius 1 is 1.38 bits per heavy atom. The number of nitrogens with two attached hydrogens (primary N) is 1. The van der Waals surface area contributed by atoms with Gasteiger partial charge < -0.3 is 5.73 Å². The van der Waals surface area contributed by atoms with Gasteiger partial charge in [0, 0.05) is 24.9 Å². The third-order valence-electron chi connectivity index (χ3n) is 3.92. The molecular formula is C12H20N4. The lowest BCUT2D eigenvalue weighted by Crippen LogP contribution is -2.39. The standard InChI is InChI=1S/C12H20N4/c1-16-10(8-12(13)6-2-3-7-12)14-11(15-16)9-4-5-9/h9H,2-8,13H2,1H3. The molecule has 4 heteroatoms. The smallest absolute Gasteiger partial charge is 0.154 e. The number of rotatable bonds is 3. The molecule has 16 heavy (non-hydrogen) atoms. The minimum atomic E-state index is -0.0123. The monoisotopic (exact) mass is 220 g/mol. The molecule has 2 aliphatic carbocycles. The first-order valence-electron chi connectivity index (χ1n) is 6.35. The number of nitrogens with zero attached hydrogens (tertiary/aromatic N) is 3. The van der Waals surface area contributed by atoms with Crippen molar-refractivity contribution in [2.45, 2.75) is 56.4 Å². The summed E-state index contributed by atoms with van der Waals surface area (Å²) in [6.45, 7) is 0. The Balaban J connectivity index is 1.77. The van der Waals surface area contributed by atoms with E-state index in [1.54, 1.807) is 0 Å². The van der Waals surface area contributed by atoms with Gasteiger partial charge in [0.05, 0.1) is 0 Å². The summed E-state index contributed by atoms with van der Waals surface area (Å²) >= 11 is 0. The second kappa shape index (κ2) is 3.55. The first-order chi connectivity index (χ1) is 7.66. The lowest BCUT2D eigenvalue weighted by atomic mass is 9.94. The molecule has 0 radical (unpaired) electrons. The first kappa shape index (κ1) is 10.3. The van der Waals surface area contributed by atoms with Crippen LogP contribution in [-0.2, 0) is 13.5 Å². The summed E-state index contributed by atoms with van der Waals surface area (Å²) in [5.41, 5.74) is 6.37. The maximum Gasteiger partial charge on any atom is 0.154 e. The van der Waals surface area contributed by atoms with Gasteiger partial charge in [-0.05, 0) is 25.7 Å². The van der Waals surface area contributed by atoms with Crippen LogP contribution in [0.4, 0.5) is 0 Å². The minimum Gasteiger partial charge on any atom is -0.325 e. The average molecular weight is 220 g/mol. The van der Waals surface area contributed by atoms with Crippen LogP contribution in [0.25, 0.3) is 0 Å². The molecule has 2 fully saturated rings. The molecule has 0 aromatic carbocycles. The molecule has 3 rings (SSSR count). The average Bonchev–Trinajstić information content (AvgIpc) is 2.92. The fourth-order valence-electron chi connectivity index (χ4n) is 2.68. The molecule has 2 aliphatic rings. The number of aryl methyl sites for hydroxylation is 1. The van der Waals surface area contributed by atoms with Crippen molar-refractivity contribution in [2.75, 3.05) is 0 Å². The van der Waals surface area contributed by atoms with Gasteiger partial charge in [-0.25, -0.2) is 4.98 Å². The lowest BCUT2D eigenvalue weighted by Gasteiger charge is -2.22. The number of aromatic nitrogens is 3. The van der Waals surface area contributed by atoms with Crippen LogP contribution >= 0.6 is 0 Å². The Morgan fingerprint density at radius 2 is 2.06 bits per heavy atom. The molecule has 0 atom stereocenters. The maximum atomic E-state index is 6.38. The van der Waals surface area contributed by atoms with Crippen LogP contribution < -0.4 is 5.73 Å². The van der Waals surface area contributed by atoms with Crippen LogP contribution in [0.2, 0.25) is 0 Å². The molecule has 2 saturated carbocycles. The molecule has 0 amide bonds. The highest BCUT2D eigenvalue weighted by Crippen LogP contribution is 2.38. The lowest BCUT2D eigenvalue weighted by molar-refractivity contribution is 0.418. The highest BCUT2D eigenvalue weighted by atomic mass is 15.3. The molecule has 0 unspecified atom stereocenters. The van der Waals surface area contributed by atoms with Gasteiger partial charge in [-0.2, -0.15) is 5.10 Å². The van der Waals surface area contributed by atoms with Crippen LogP contribution in [0, 0.1) is 0 Å². The van der Waals surface area contributed by atoms with Crippen LogP contribution in [-0.4, -0.2) is 20.3 Å². The molecule has 1 aromatic rings. The summed E-state index contributed by atoms with van der Waals surface area (Å²) in [5, 5.41) is 4.50. The highest BCUT2D eigenvalue weighted by molar-refractivity contribution is 5.08. The zero-order valence-corrected chi connectivity index (χ0v) is 9.95. The van der Waals surface area contributed by atoms with E-state index < -0.39 is 0 Å². The second-order valence-electron chi connectivity index (χ2n) is 5.53. The molecule has 2 N–H and O–H groups in total. The van der Waals surface area contributed by atoms with E-state index in [1.807, 2.05) is 11.7 Å². The Kier molecular flexibility index (Phi) is 2.28. The van der Waals surface area contributed by atoms with Gasteiger partial charge in [-0.15, -0.1) is 0 Å². The molecule has 1 heterocycles. The van der Waals surface area contributed by atoms with Gasteiger partial charge in [0.1, 0.15) is 5.82 Å². The summed E-state index contributed by atoms with van der Waals surface area (Å²) in [7, 11) is 1.99. The quantitative estimate of drug-likeness (QED) is 0.840. The van der Waals surface area contributed by atoms with E-state index in [0.717, 1.165) is 30.9 Å².